The van der Waals surface area contributed by atoms with Gasteiger partial charge in [0.25, 0.3) is 0 Å². The molecule has 208 valence electrons. The predicted molar refractivity (Wildman–Crippen MR) is 185 cm³/mol. The lowest BCUT2D eigenvalue weighted by molar-refractivity contribution is 0.666. The van der Waals surface area contributed by atoms with Crippen molar-refractivity contribution in [3.05, 3.63) is 157 Å². The van der Waals surface area contributed by atoms with E-state index in [-0.39, 0.29) is 5.41 Å². The Hall–Kier alpha value is -5.47. The first-order valence-electron chi connectivity index (χ1n) is 15.3. The van der Waals surface area contributed by atoms with Crippen molar-refractivity contribution < 1.29 is 0 Å². The van der Waals surface area contributed by atoms with E-state index >= 15 is 0 Å². The van der Waals surface area contributed by atoms with Crippen LogP contribution in [0.4, 0.5) is 0 Å². The van der Waals surface area contributed by atoms with Gasteiger partial charge in [0.2, 0.25) is 0 Å². The number of fused-ring (bicyclic) bond motifs is 9. The second-order valence-corrected chi connectivity index (χ2v) is 12.4. The summed E-state index contributed by atoms with van der Waals surface area (Å²) in [7, 11) is 0. The highest BCUT2D eigenvalue weighted by molar-refractivity contribution is 6.19. The molecule has 1 aliphatic carbocycles. The fourth-order valence-corrected chi connectivity index (χ4v) is 7.59. The summed E-state index contributed by atoms with van der Waals surface area (Å²) in [5.41, 5.74) is 13.1. The van der Waals surface area contributed by atoms with Crippen LogP contribution in [0, 0.1) is 0 Å². The summed E-state index contributed by atoms with van der Waals surface area (Å²) in [6.07, 6.45) is 0. The van der Waals surface area contributed by atoms with Crippen LogP contribution < -0.4 is 0 Å². The lowest BCUT2D eigenvalue weighted by Gasteiger charge is -2.23. The highest BCUT2D eigenvalue weighted by Crippen LogP contribution is 2.55. The van der Waals surface area contributed by atoms with Gasteiger partial charge in [-0.3, -0.25) is 0 Å². The van der Waals surface area contributed by atoms with Crippen LogP contribution in [0.25, 0.3) is 71.9 Å². The molecule has 0 bridgehead atoms. The summed E-state index contributed by atoms with van der Waals surface area (Å²) in [4.78, 5) is 5.17. The van der Waals surface area contributed by atoms with E-state index in [1.54, 1.807) is 0 Å². The molecule has 0 radical (unpaired) electrons. The minimum absolute atomic E-state index is 0.111. The first-order chi connectivity index (χ1) is 21.6. The van der Waals surface area contributed by atoms with Gasteiger partial charge < -0.3 is 4.57 Å². The smallest absolute Gasteiger partial charge is 0.0730 e. The molecule has 1 aliphatic rings. The quantitative estimate of drug-likeness (QED) is 0.209. The summed E-state index contributed by atoms with van der Waals surface area (Å²) in [5.74, 6) is 0. The van der Waals surface area contributed by atoms with Gasteiger partial charge in [-0.25, -0.2) is 4.98 Å². The largest absolute Gasteiger partial charge is 0.309 e. The van der Waals surface area contributed by atoms with Crippen molar-refractivity contribution in [1.29, 1.82) is 0 Å². The molecule has 0 unspecified atom stereocenters. The zero-order valence-electron chi connectivity index (χ0n) is 24.8. The van der Waals surface area contributed by atoms with Gasteiger partial charge in [0.1, 0.15) is 0 Å². The maximum absolute atomic E-state index is 5.17. The molecule has 8 aromatic rings. The third-order valence-corrected chi connectivity index (χ3v) is 9.54. The Kier molecular flexibility index (Phi) is 5.28. The number of pyridine rings is 1. The normalized spacial score (nSPS) is 13.4. The Morgan fingerprint density at radius 3 is 1.86 bits per heavy atom. The minimum Gasteiger partial charge on any atom is -0.309 e. The molecular weight excluding hydrogens is 532 g/mol. The number of rotatable bonds is 3. The van der Waals surface area contributed by atoms with Crippen LogP contribution in [0.15, 0.2) is 146 Å². The number of para-hydroxylation sites is 1. The van der Waals surface area contributed by atoms with Crippen molar-refractivity contribution in [1.82, 2.24) is 9.55 Å². The van der Waals surface area contributed by atoms with Gasteiger partial charge in [-0.1, -0.05) is 135 Å². The lowest BCUT2D eigenvalue weighted by Crippen LogP contribution is -2.15. The van der Waals surface area contributed by atoms with Crippen LogP contribution in [0.1, 0.15) is 25.0 Å². The van der Waals surface area contributed by atoms with Crippen molar-refractivity contribution >= 4 is 32.6 Å². The number of aromatic nitrogens is 2. The van der Waals surface area contributed by atoms with Crippen LogP contribution in [0.3, 0.4) is 0 Å². The molecule has 0 amide bonds. The van der Waals surface area contributed by atoms with Gasteiger partial charge in [0.05, 0.1) is 28.1 Å². The monoisotopic (exact) mass is 562 g/mol. The predicted octanol–water partition coefficient (Wildman–Crippen LogP) is 11.0. The van der Waals surface area contributed by atoms with Crippen LogP contribution in [-0.2, 0) is 5.41 Å². The van der Waals surface area contributed by atoms with E-state index in [0.29, 0.717) is 0 Å². The highest BCUT2D eigenvalue weighted by Gasteiger charge is 2.38. The Morgan fingerprint density at radius 1 is 0.545 bits per heavy atom. The van der Waals surface area contributed by atoms with E-state index in [1.165, 1.54) is 54.8 Å². The van der Waals surface area contributed by atoms with Crippen molar-refractivity contribution in [3.63, 3.8) is 0 Å². The third kappa shape index (κ3) is 3.52. The summed E-state index contributed by atoms with van der Waals surface area (Å²) in [5, 5.41) is 5.23. The van der Waals surface area contributed by atoms with Crippen LogP contribution in [0.2, 0.25) is 0 Å². The molecule has 0 N–H and O–H groups in total. The SMILES string of the molecule is CC1(C)c2ccc3c(c2-c2ccc4ccccc4c21)c1ccccc1n3-c1cc(-c2ccccc2)nc(-c2ccccc2)c1. The zero-order valence-corrected chi connectivity index (χ0v) is 24.8. The van der Waals surface area contributed by atoms with Gasteiger partial charge in [-0.15, -0.1) is 0 Å². The zero-order chi connectivity index (χ0) is 29.4. The van der Waals surface area contributed by atoms with Crippen molar-refractivity contribution in [3.8, 4) is 39.3 Å². The van der Waals surface area contributed by atoms with E-state index in [1.807, 2.05) is 0 Å². The molecule has 6 aromatic carbocycles. The average Bonchev–Trinajstić information content (AvgIpc) is 3.54. The highest BCUT2D eigenvalue weighted by atomic mass is 15.0. The molecular formula is C42H30N2. The maximum atomic E-state index is 5.17. The summed E-state index contributed by atoms with van der Waals surface area (Å²) >= 11 is 0. The van der Waals surface area contributed by atoms with E-state index in [9.17, 15) is 0 Å². The molecule has 2 heteroatoms. The number of hydrogen-bond acceptors (Lipinski definition) is 1. The average molecular weight is 563 g/mol. The Bertz CT molecular complexity index is 2340. The van der Waals surface area contributed by atoms with Crippen LogP contribution in [-0.4, -0.2) is 9.55 Å². The molecule has 0 saturated carbocycles. The minimum atomic E-state index is -0.111. The topological polar surface area (TPSA) is 17.8 Å². The van der Waals surface area contributed by atoms with E-state index in [0.717, 1.165) is 28.2 Å². The van der Waals surface area contributed by atoms with E-state index in [2.05, 4.69) is 164 Å². The molecule has 0 aliphatic heterocycles. The molecule has 44 heavy (non-hydrogen) atoms. The van der Waals surface area contributed by atoms with Gasteiger partial charge in [0, 0.05) is 27.3 Å². The number of hydrogen-bond donors (Lipinski definition) is 0. The Labute approximate surface area is 256 Å². The second-order valence-electron chi connectivity index (χ2n) is 12.4. The van der Waals surface area contributed by atoms with Gasteiger partial charge in [0.15, 0.2) is 0 Å². The third-order valence-electron chi connectivity index (χ3n) is 9.54. The molecule has 9 rings (SSSR count). The van der Waals surface area contributed by atoms with Gasteiger partial charge in [-0.05, 0) is 57.3 Å². The Morgan fingerprint density at radius 2 is 1.16 bits per heavy atom. The van der Waals surface area contributed by atoms with Crippen molar-refractivity contribution in [2.45, 2.75) is 19.3 Å². The lowest BCUT2D eigenvalue weighted by atomic mass is 9.80. The molecule has 2 nitrogen and oxygen atoms in total. The molecule has 0 spiro atoms. The standard InChI is InChI=1S/C42H30N2/c1-42(2)34-23-24-38-40(39(34)33-22-21-27-13-9-10-18-31(27)41(33)42)32-19-11-12-20-37(32)44(38)30-25-35(28-14-5-3-6-15-28)43-36(26-30)29-16-7-4-8-17-29/h3-26H,1-2H3. The maximum Gasteiger partial charge on any atom is 0.0730 e. The molecule has 0 saturated heterocycles. The fraction of sp³-hybridized carbons (Fsp3) is 0.0714. The van der Waals surface area contributed by atoms with Gasteiger partial charge >= 0.3 is 0 Å². The van der Waals surface area contributed by atoms with Crippen LogP contribution >= 0.6 is 0 Å². The van der Waals surface area contributed by atoms with E-state index < -0.39 is 0 Å². The molecule has 2 aromatic heterocycles. The molecule has 0 fully saturated rings. The number of benzene rings is 6. The van der Waals surface area contributed by atoms with E-state index in [4.69, 9.17) is 4.98 Å². The first-order valence-corrected chi connectivity index (χ1v) is 15.3. The first kappa shape index (κ1) is 25.1. The summed E-state index contributed by atoms with van der Waals surface area (Å²) in [6.45, 7) is 4.77. The molecule has 0 atom stereocenters. The summed E-state index contributed by atoms with van der Waals surface area (Å²) in [6, 6.07) is 52.5. The van der Waals surface area contributed by atoms with Crippen molar-refractivity contribution in [2.24, 2.45) is 0 Å². The number of nitrogens with zero attached hydrogens (tertiary/aromatic N) is 2. The second kappa shape index (κ2) is 9.26. The van der Waals surface area contributed by atoms with Gasteiger partial charge in [-0.2, -0.15) is 0 Å². The van der Waals surface area contributed by atoms with Crippen LogP contribution in [0.5, 0.6) is 0 Å². The fourth-order valence-electron chi connectivity index (χ4n) is 7.59. The summed E-state index contributed by atoms with van der Waals surface area (Å²) < 4.78 is 2.44. The molecule has 2 heterocycles. The Balaban J connectivity index is 1.39. The van der Waals surface area contributed by atoms with Crippen molar-refractivity contribution in [2.75, 3.05) is 0 Å².